The van der Waals surface area contributed by atoms with Crippen molar-refractivity contribution in [2.24, 2.45) is 0 Å². The van der Waals surface area contributed by atoms with Crippen LogP contribution in [0, 0.1) is 0 Å². The van der Waals surface area contributed by atoms with Crippen LogP contribution in [0.4, 0.5) is 17.5 Å². The van der Waals surface area contributed by atoms with Crippen molar-refractivity contribution in [3.63, 3.8) is 0 Å². The van der Waals surface area contributed by atoms with Crippen molar-refractivity contribution in [1.29, 1.82) is 0 Å². The highest BCUT2D eigenvalue weighted by Crippen LogP contribution is 2.23. The van der Waals surface area contributed by atoms with Crippen molar-refractivity contribution < 1.29 is 0 Å². The number of thiophene rings is 1. The first-order chi connectivity index (χ1) is 6.75. The Morgan fingerprint density at radius 1 is 1.50 bits per heavy atom. The van der Waals surface area contributed by atoms with E-state index in [1.165, 1.54) is 6.20 Å². The van der Waals surface area contributed by atoms with E-state index in [0.29, 0.717) is 10.8 Å². The van der Waals surface area contributed by atoms with Gasteiger partial charge in [-0.2, -0.15) is 16.3 Å². The molecule has 0 radical (unpaired) electrons. The van der Waals surface area contributed by atoms with Crippen LogP contribution < -0.4 is 11.1 Å². The van der Waals surface area contributed by atoms with Crippen LogP contribution in [0.25, 0.3) is 0 Å². The number of aromatic nitrogens is 2. The van der Waals surface area contributed by atoms with Gasteiger partial charge < -0.3 is 11.1 Å². The monoisotopic (exact) mass is 226 g/mol. The molecule has 2 heterocycles. The van der Waals surface area contributed by atoms with Gasteiger partial charge in [0.05, 0.1) is 11.9 Å². The zero-order valence-electron chi connectivity index (χ0n) is 7.07. The van der Waals surface area contributed by atoms with Crippen molar-refractivity contribution in [3.8, 4) is 0 Å². The largest absolute Gasteiger partial charge is 0.368 e. The lowest BCUT2D eigenvalue weighted by molar-refractivity contribution is 1.19. The summed E-state index contributed by atoms with van der Waals surface area (Å²) in [5.41, 5.74) is 6.38. The van der Waals surface area contributed by atoms with E-state index in [1.54, 1.807) is 11.3 Å². The molecule has 72 valence electrons. The molecule has 0 aliphatic heterocycles. The highest BCUT2D eigenvalue weighted by molar-refractivity contribution is 7.08. The highest BCUT2D eigenvalue weighted by atomic mass is 35.5. The number of nitrogens with two attached hydrogens (primary N) is 1. The molecule has 0 saturated carbocycles. The van der Waals surface area contributed by atoms with E-state index in [0.717, 1.165) is 5.69 Å². The predicted molar refractivity (Wildman–Crippen MR) is 59.1 cm³/mol. The van der Waals surface area contributed by atoms with Crippen molar-refractivity contribution >= 4 is 40.4 Å². The van der Waals surface area contributed by atoms with E-state index in [1.807, 2.05) is 16.8 Å². The molecular weight excluding hydrogens is 220 g/mol. The molecule has 2 rings (SSSR count). The van der Waals surface area contributed by atoms with Gasteiger partial charge >= 0.3 is 0 Å². The Morgan fingerprint density at radius 3 is 3.07 bits per heavy atom. The Labute approximate surface area is 89.8 Å². The number of hydrogen-bond acceptors (Lipinski definition) is 5. The normalized spacial score (nSPS) is 10.1. The van der Waals surface area contributed by atoms with Crippen LogP contribution in [0.2, 0.25) is 5.02 Å². The summed E-state index contributed by atoms with van der Waals surface area (Å²) in [5, 5.41) is 7.40. The van der Waals surface area contributed by atoms with Gasteiger partial charge in [0.15, 0.2) is 5.82 Å². The van der Waals surface area contributed by atoms with Crippen molar-refractivity contribution in [2.75, 3.05) is 11.1 Å². The van der Waals surface area contributed by atoms with Crippen LogP contribution >= 0.6 is 22.9 Å². The first-order valence-electron chi connectivity index (χ1n) is 3.83. The summed E-state index contributed by atoms with van der Waals surface area (Å²) in [5.74, 6) is 0.727. The molecule has 2 aromatic heterocycles. The van der Waals surface area contributed by atoms with Crippen LogP contribution in [0.5, 0.6) is 0 Å². The fourth-order valence-corrected chi connectivity index (χ4v) is 1.67. The SMILES string of the molecule is Nc1ncc(Cl)c(Nc2ccsc2)n1. The lowest BCUT2D eigenvalue weighted by Crippen LogP contribution is -1.99. The molecular formula is C8H7ClN4S. The van der Waals surface area contributed by atoms with Crippen LogP contribution in [0.3, 0.4) is 0 Å². The third-order valence-electron chi connectivity index (χ3n) is 1.55. The minimum absolute atomic E-state index is 0.201. The lowest BCUT2D eigenvalue weighted by atomic mass is 10.5. The summed E-state index contributed by atoms with van der Waals surface area (Å²) in [6, 6.07) is 1.93. The Bertz CT molecular complexity index is 429. The fourth-order valence-electron chi connectivity index (χ4n) is 0.941. The van der Waals surface area contributed by atoms with Gasteiger partial charge in [0.2, 0.25) is 5.95 Å². The van der Waals surface area contributed by atoms with Gasteiger partial charge in [-0.3, -0.25) is 0 Å². The molecule has 2 aromatic rings. The molecule has 0 atom stereocenters. The number of nitrogen functional groups attached to an aromatic ring is 1. The lowest BCUT2D eigenvalue weighted by Gasteiger charge is -2.04. The van der Waals surface area contributed by atoms with Gasteiger partial charge in [-0.1, -0.05) is 11.6 Å². The van der Waals surface area contributed by atoms with E-state index in [2.05, 4.69) is 15.3 Å². The molecule has 0 spiro atoms. The second-order valence-corrected chi connectivity index (χ2v) is 3.75. The van der Waals surface area contributed by atoms with Crippen LogP contribution in [-0.4, -0.2) is 9.97 Å². The fraction of sp³-hybridized carbons (Fsp3) is 0. The molecule has 0 amide bonds. The molecule has 6 heteroatoms. The summed E-state index contributed by atoms with van der Waals surface area (Å²) in [4.78, 5) is 7.74. The third-order valence-corrected chi connectivity index (χ3v) is 2.51. The van der Waals surface area contributed by atoms with Crippen LogP contribution in [0.1, 0.15) is 0 Å². The van der Waals surface area contributed by atoms with Gasteiger partial charge in [-0.05, 0) is 11.4 Å². The summed E-state index contributed by atoms with van der Waals surface area (Å²) >= 11 is 7.46. The summed E-state index contributed by atoms with van der Waals surface area (Å²) < 4.78 is 0. The molecule has 3 N–H and O–H groups in total. The summed E-state index contributed by atoms with van der Waals surface area (Å²) in [6.45, 7) is 0. The maximum absolute atomic E-state index is 5.87. The average Bonchev–Trinajstić information content (AvgIpc) is 2.64. The molecule has 4 nitrogen and oxygen atoms in total. The second-order valence-electron chi connectivity index (χ2n) is 2.56. The summed E-state index contributed by atoms with van der Waals surface area (Å²) in [7, 11) is 0. The van der Waals surface area contributed by atoms with Crippen LogP contribution in [-0.2, 0) is 0 Å². The second kappa shape index (κ2) is 3.81. The topological polar surface area (TPSA) is 63.8 Å². The van der Waals surface area contributed by atoms with Gasteiger partial charge in [0, 0.05) is 5.38 Å². The number of nitrogens with zero attached hydrogens (tertiary/aromatic N) is 2. The first-order valence-corrected chi connectivity index (χ1v) is 5.15. The quantitative estimate of drug-likeness (QED) is 0.826. The van der Waals surface area contributed by atoms with Gasteiger partial charge in [0.1, 0.15) is 5.02 Å². The minimum atomic E-state index is 0.201. The Morgan fingerprint density at radius 2 is 2.36 bits per heavy atom. The number of anilines is 3. The molecule has 0 aromatic carbocycles. The Hall–Kier alpha value is -1.33. The molecule has 0 saturated heterocycles. The van der Waals surface area contributed by atoms with Gasteiger partial charge in [-0.25, -0.2) is 4.98 Å². The Balaban J connectivity index is 2.28. The molecule has 14 heavy (non-hydrogen) atoms. The molecule has 0 aliphatic carbocycles. The molecule has 0 fully saturated rings. The maximum atomic E-state index is 5.87. The molecule has 0 bridgehead atoms. The van der Waals surface area contributed by atoms with E-state index in [9.17, 15) is 0 Å². The zero-order chi connectivity index (χ0) is 9.97. The van der Waals surface area contributed by atoms with E-state index >= 15 is 0 Å². The standard InChI is InChI=1S/C8H7ClN4S/c9-6-3-11-8(10)13-7(6)12-5-1-2-14-4-5/h1-4H,(H3,10,11,12,13). The Kier molecular flexibility index (Phi) is 2.51. The number of hydrogen-bond donors (Lipinski definition) is 2. The number of rotatable bonds is 2. The highest BCUT2D eigenvalue weighted by Gasteiger charge is 2.03. The van der Waals surface area contributed by atoms with E-state index < -0.39 is 0 Å². The third kappa shape index (κ3) is 1.94. The smallest absolute Gasteiger partial charge is 0.222 e. The average molecular weight is 227 g/mol. The molecule has 0 aliphatic rings. The van der Waals surface area contributed by atoms with Gasteiger partial charge in [-0.15, -0.1) is 0 Å². The number of halogens is 1. The van der Waals surface area contributed by atoms with Crippen LogP contribution in [0.15, 0.2) is 23.0 Å². The van der Waals surface area contributed by atoms with Crippen molar-refractivity contribution in [3.05, 3.63) is 28.0 Å². The number of nitrogens with one attached hydrogen (secondary N) is 1. The van der Waals surface area contributed by atoms with Gasteiger partial charge in [0.25, 0.3) is 0 Å². The minimum Gasteiger partial charge on any atom is -0.368 e. The maximum Gasteiger partial charge on any atom is 0.222 e. The molecule has 0 unspecified atom stereocenters. The first kappa shape index (κ1) is 9.23. The zero-order valence-corrected chi connectivity index (χ0v) is 8.64. The predicted octanol–water partition coefficient (Wildman–Crippen LogP) is 2.52. The van der Waals surface area contributed by atoms with Crippen molar-refractivity contribution in [2.45, 2.75) is 0 Å². The van der Waals surface area contributed by atoms with E-state index in [4.69, 9.17) is 17.3 Å². The van der Waals surface area contributed by atoms with E-state index in [-0.39, 0.29) is 5.95 Å². The summed E-state index contributed by atoms with van der Waals surface area (Å²) in [6.07, 6.45) is 1.47. The van der Waals surface area contributed by atoms with Crippen molar-refractivity contribution in [1.82, 2.24) is 9.97 Å².